The van der Waals surface area contributed by atoms with Crippen molar-refractivity contribution in [3.8, 4) is 0 Å². The van der Waals surface area contributed by atoms with E-state index < -0.39 is 42.9 Å². The van der Waals surface area contributed by atoms with Crippen LogP contribution in [0.2, 0.25) is 0 Å². The fourth-order valence-electron chi connectivity index (χ4n) is 3.17. The number of benzene rings is 1. The molecule has 12 heteroatoms. The fraction of sp³-hybridized carbons (Fsp3) is 0.500. The molecule has 0 fully saturated rings. The van der Waals surface area contributed by atoms with E-state index in [4.69, 9.17) is 0 Å². The number of carboxylic acid groups (broad SMARTS) is 4. The standard InChI is InChI=1S/C20H26O8S4/c1-17(29,13(21)22)9-19(31,15(25)26)7-11-3-5-12(6-4-11)8-20(32,16(27)28)10-18(2,30)14(23)24/h3-6,29-32H,7-10H2,1-2H3,(H,21,22)(H,23,24)(H,25,26)(H,27,28). The van der Waals surface area contributed by atoms with Crippen LogP contribution in [0.15, 0.2) is 24.3 Å². The van der Waals surface area contributed by atoms with Crippen molar-refractivity contribution in [2.45, 2.75) is 58.5 Å². The van der Waals surface area contributed by atoms with Gasteiger partial charge in [-0.2, -0.15) is 50.5 Å². The summed E-state index contributed by atoms with van der Waals surface area (Å²) >= 11 is 16.6. The SMILES string of the molecule is CC(S)(CC(S)(Cc1ccc(CC(S)(CC(C)(S)C(=O)O)C(=O)O)cc1)C(=O)O)C(=O)O. The zero-order valence-corrected chi connectivity index (χ0v) is 20.9. The average molecular weight is 523 g/mol. The monoisotopic (exact) mass is 522 g/mol. The van der Waals surface area contributed by atoms with E-state index in [0.717, 1.165) is 0 Å². The maximum atomic E-state index is 11.8. The topological polar surface area (TPSA) is 149 Å². The van der Waals surface area contributed by atoms with Crippen LogP contribution in [-0.2, 0) is 32.0 Å². The van der Waals surface area contributed by atoms with Gasteiger partial charge in [0.05, 0.1) is 0 Å². The molecule has 0 bridgehead atoms. The maximum absolute atomic E-state index is 11.8. The van der Waals surface area contributed by atoms with E-state index in [9.17, 15) is 39.6 Å². The highest BCUT2D eigenvalue weighted by atomic mass is 32.1. The van der Waals surface area contributed by atoms with Crippen molar-refractivity contribution in [3.05, 3.63) is 35.4 Å². The van der Waals surface area contributed by atoms with Crippen molar-refractivity contribution >= 4 is 74.4 Å². The van der Waals surface area contributed by atoms with Gasteiger partial charge < -0.3 is 20.4 Å². The lowest BCUT2D eigenvalue weighted by atomic mass is 9.86. The highest BCUT2D eigenvalue weighted by Gasteiger charge is 2.45. The van der Waals surface area contributed by atoms with Crippen LogP contribution in [0.25, 0.3) is 0 Å². The molecule has 8 nitrogen and oxygen atoms in total. The van der Waals surface area contributed by atoms with Crippen LogP contribution in [0, 0.1) is 0 Å². The Balaban J connectivity index is 3.11. The highest BCUT2D eigenvalue weighted by Crippen LogP contribution is 2.36. The lowest BCUT2D eigenvalue weighted by Crippen LogP contribution is -2.44. The van der Waals surface area contributed by atoms with E-state index >= 15 is 0 Å². The van der Waals surface area contributed by atoms with E-state index in [2.05, 4.69) is 50.5 Å². The van der Waals surface area contributed by atoms with Gasteiger partial charge in [-0.05, 0) is 50.7 Å². The molecule has 1 aromatic carbocycles. The summed E-state index contributed by atoms with van der Waals surface area (Å²) in [5, 5.41) is 37.8. The molecule has 178 valence electrons. The summed E-state index contributed by atoms with van der Waals surface area (Å²) in [4.78, 5) is 46.3. The molecule has 0 amide bonds. The number of hydrogen-bond donors (Lipinski definition) is 8. The van der Waals surface area contributed by atoms with E-state index in [1.165, 1.54) is 13.8 Å². The van der Waals surface area contributed by atoms with Crippen LogP contribution in [0.4, 0.5) is 0 Å². The number of rotatable bonds is 12. The molecule has 0 aliphatic rings. The Morgan fingerprint density at radius 1 is 0.625 bits per heavy atom. The zero-order valence-electron chi connectivity index (χ0n) is 17.3. The number of carboxylic acids is 4. The Hall–Kier alpha value is -1.50. The summed E-state index contributed by atoms with van der Waals surface area (Å²) in [5.41, 5.74) is 1.07. The molecule has 0 aromatic heterocycles. The fourth-order valence-corrected chi connectivity index (χ4v) is 4.95. The summed E-state index contributed by atoms with van der Waals surface area (Å²) in [6.45, 7) is 2.58. The molecule has 1 rings (SSSR count). The second kappa shape index (κ2) is 10.2. The lowest BCUT2D eigenvalue weighted by Gasteiger charge is -2.31. The molecule has 0 radical (unpaired) electrons. The van der Waals surface area contributed by atoms with Gasteiger partial charge in [-0.15, -0.1) is 0 Å². The third kappa shape index (κ3) is 7.26. The maximum Gasteiger partial charge on any atom is 0.319 e. The molecule has 0 saturated carbocycles. The second-order valence-electron chi connectivity index (χ2n) is 8.36. The van der Waals surface area contributed by atoms with Gasteiger partial charge in [0, 0.05) is 0 Å². The number of aliphatic carboxylic acids is 4. The van der Waals surface area contributed by atoms with E-state index in [1.807, 2.05) is 0 Å². The van der Waals surface area contributed by atoms with Gasteiger partial charge in [-0.3, -0.25) is 19.2 Å². The molecule has 0 heterocycles. The first-order valence-corrected chi connectivity index (χ1v) is 11.0. The molecule has 0 aliphatic heterocycles. The van der Waals surface area contributed by atoms with Crippen LogP contribution in [0.1, 0.15) is 37.8 Å². The minimum atomic E-state index is -1.71. The number of carbonyl (C=O) groups is 4. The first-order valence-electron chi connectivity index (χ1n) is 9.26. The average Bonchev–Trinajstić information content (AvgIpc) is 2.62. The smallest absolute Gasteiger partial charge is 0.319 e. The molecule has 0 aliphatic carbocycles. The Morgan fingerprint density at radius 2 is 0.875 bits per heavy atom. The van der Waals surface area contributed by atoms with Crippen LogP contribution < -0.4 is 0 Å². The van der Waals surface area contributed by atoms with Gasteiger partial charge in [0.15, 0.2) is 0 Å². The molecule has 32 heavy (non-hydrogen) atoms. The first kappa shape index (κ1) is 28.5. The summed E-state index contributed by atoms with van der Waals surface area (Å²) in [5.74, 6) is -5.14. The third-order valence-electron chi connectivity index (χ3n) is 5.01. The van der Waals surface area contributed by atoms with Crippen molar-refractivity contribution < 1.29 is 39.6 Å². The van der Waals surface area contributed by atoms with Gasteiger partial charge in [0.2, 0.25) is 0 Å². The Bertz CT molecular complexity index is 826. The van der Waals surface area contributed by atoms with Gasteiger partial charge in [-0.25, -0.2) is 0 Å². The lowest BCUT2D eigenvalue weighted by molar-refractivity contribution is -0.144. The Morgan fingerprint density at radius 3 is 1.06 bits per heavy atom. The van der Waals surface area contributed by atoms with E-state index in [0.29, 0.717) is 11.1 Å². The van der Waals surface area contributed by atoms with E-state index in [-0.39, 0.29) is 25.7 Å². The Kier molecular flexibility index (Phi) is 9.08. The second-order valence-corrected chi connectivity index (χ2v) is 12.0. The van der Waals surface area contributed by atoms with Gasteiger partial charge in [0.1, 0.15) is 19.0 Å². The van der Waals surface area contributed by atoms with Crippen LogP contribution in [0.5, 0.6) is 0 Å². The largest absolute Gasteiger partial charge is 0.480 e. The predicted molar refractivity (Wildman–Crippen MR) is 132 cm³/mol. The van der Waals surface area contributed by atoms with Gasteiger partial charge >= 0.3 is 23.9 Å². The molecule has 4 unspecified atom stereocenters. The third-order valence-corrected chi connectivity index (χ3v) is 6.72. The minimum Gasteiger partial charge on any atom is -0.480 e. The van der Waals surface area contributed by atoms with Crippen LogP contribution in [0.3, 0.4) is 0 Å². The van der Waals surface area contributed by atoms with E-state index in [1.54, 1.807) is 24.3 Å². The summed E-state index contributed by atoms with van der Waals surface area (Å²) in [6.07, 6.45) is -0.915. The molecular weight excluding hydrogens is 496 g/mol. The summed E-state index contributed by atoms with van der Waals surface area (Å²) < 4.78 is -6.64. The molecule has 4 atom stereocenters. The highest BCUT2D eigenvalue weighted by molar-refractivity contribution is 7.84. The summed E-state index contributed by atoms with van der Waals surface area (Å²) in [6, 6.07) is 6.31. The van der Waals surface area contributed by atoms with Crippen molar-refractivity contribution in [1.82, 2.24) is 0 Å². The Labute approximate surface area is 207 Å². The first-order chi connectivity index (χ1) is 14.3. The van der Waals surface area contributed by atoms with Gasteiger partial charge in [0.25, 0.3) is 0 Å². The molecular formula is C20H26O8S4. The van der Waals surface area contributed by atoms with Crippen molar-refractivity contribution in [3.63, 3.8) is 0 Å². The van der Waals surface area contributed by atoms with Crippen LogP contribution in [-0.4, -0.2) is 63.3 Å². The number of hydrogen-bond acceptors (Lipinski definition) is 8. The van der Waals surface area contributed by atoms with Crippen molar-refractivity contribution in [2.24, 2.45) is 0 Å². The van der Waals surface area contributed by atoms with Crippen LogP contribution >= 0.6 is 50.5 Å². The molecule has 1 aromatic rings. The van der Waals surface area contributed by atoms with Crippen molar-refractivity contribution in [2.75, 3.05) is 0 Å². The normalized spacial score (nSPS) is 18.9. The molecule has 4 N–H and O–H groups in total. The van der Waals surface area contributed by atoms with Gasteiger partial charge in [-0.1, -0.05) is 24.3 Å². The molecule has 0 saturated heterocycles. The number of thiol groups is 4. The minimum absolute atomic E-state index is 0.103. The zero-order chi connectivity index (χ0) is 25.1. The predicted octanol–water partition coefficient (Wildman–Crippen LogP) is 2.60. The quantitative estimate of drug-likeness (QED) is 0.195. The van der Waals surface area contributed by atoms with Crippen molar-refractivity contribution in [1.29, 1.82) is 0 Å². The molecule has 0 spiro atoms. The summed E-state index contributed by atoms with van der Waals surface area (Å²) in [7, 11) is 0.